The Morgan fingerprint density at radius 2 is 2.17 bits per heavy atom. The van der Waals surface area contributed by atoms with E-state index in [9.17, 15) is 4.79 Å². The van der Waals surface area contributed by atoms with Crippen molar-refractivity contribution in [2.45, 2.75) is 26.7 Å². The van der Waals surface area contributed by atoms with Crippen LogP contribution < -0.4 is 14.9 Å². The number of carbonyl (C=O) groups excluding carboxylic acids is 1. The number of methoxy groups -OCH3 is 1. The molecule has 1 aromatic carbocycles. The number of unbranched alkanes of at least 4 members (excludes halogenated alkanes) is 1. The molecular weight excluding hydrogens is 308 g/mol. The van der Waals surface area contributed by atoms with E-state index in [4.69, 9.17) is 13.9 Å². The minimum atomic E-state index is -0.316. The summed E-state index contributed by atoms with van der Waals surface area (Å²) < 4.78 is 16.1. The molecule has 0 aliphatic heterocycles. The third kappa shape index (κ3) is 4.62. The van der Waals surface area contributed by atoms with Gasteiger partial charge in [0.25, 0.3) is 5.91 Å². The Labute approximate surface area is 141 Å². The molecule has 0 bridgehead atoms. The van der Waals surface area contributed by atoms with E-state index in [1.165, 1.54) is 6.26 Å². The van der Waals surface area contributed by atoms with E-state index in [2.05, 4.69) is 17.5 Å². The lowest BCUT2D eigenvalue weighted by molar-refractivity contribution is 0.0953. The molecule has 0 spiro atoms. The van der Waals surface area contributed by atoms with Crippen LogP contribution >= 0.6 is 0 Å². The summed E-state index contributed by atoms with van der Waals surface area (Å²) in [5.74, 6) is 1.56. The summed E-state index contributed by atoms with van der Waals surface area (Å²) in [6.07, 6.45) is 5.08. The van der Waals surface area contributed by atoms with Crippen molar-refractivity contribution in [3.05, 3.63) is 47.4 Å². The maximum Gasteiger partial charge on any atom is 0.274 e. The van der Waals surface area contributed by atoms with Gasteiger partial charge in [-0.3, -0.25) is 4.79 Å². The number of amides is 1. The Hall–Kier alpha value is -2.76. The molecule has 0 fully saturated rings. The predicted molar refractivity (Wildman–Crippen MR) is 91.9 cm³/mol. The van der Waals surface area contributed by atoms with Crippen LogP contribution in [-0.2, 0) is 0 Å². The number of rotatable bonds is 8. The number of nitrogens with one attached hydrogen (secondary N) is 1. The van der Waals surface area contributed by atoms with Crippen molar-refractivity contribution in [2.75, 3.05) is 13.7 Å². The van der Waals surface area contributed by atoms with E-state index in [0.29, 0.717) is 29.4 Å². The number of nitrogens with zero attached hydrogens (tertiary/aromatic N) is 1. The highest BCUT2D eigenvalue weighted by atomic mass is 16.5. The fourth-order valence-corrected chi connectivity index (χ4v) is 2.06. The molecule has 1 amide bonds. The molecule has 0 unspecified atom stereocenters. The Morgan fingerprint density at radius 3 is 2.83 bits per heavy atom. The second-order valence-electron chi connectivity index (χ2n) is 5.20. The van der Waals surface area contributed by atoms with Crippen LogP contribution in [0, 0.1) is 6.92 Å². The second kappa shape index (κ2) is 8.76. The van der Waals surface area contributed by atoms with Crippen LogP contribution in [0.4, 0.5) is 0 Å². The molecule has 128 valence electrons. The Bertz CT molecular complexity index is 707. The topological polar surface area (TPSA) is 73.1 Å². The van der Waals surface area contributed by atoms with Gasteiger partial charge < -0.3 is 13.9 Å². The molecule has 1 aromatic heterocycles. The zero-order valence-corrected chi connectivity index (χ0v) is 14.2. The highest BCUT2D eigenvalue weighted by Crippen LogP contribution is 2.27. The molecule has 6 heteroatoms. The van der Waals surface area contributed by atoms with E-state index in [-0.39, 0.29) is 5.91 Å². The molecule has 0 saturated heterocycles. The van der Waals surface area contributed by atoms with Gasteiger partial charge in [0.1, 0.15) is 5.76 Å². The molecule has 0 saturated carbocycles. The molecule has 0 aliphatic rings. The van der Waals surface area contributed by atoms with E-state index in [1.807, 2.05) is 12.1 Å². The van der Waals surface area contributed by atoms with Crippen molar-refractivity contribution in [1.29, 1.82) is 0 Å². The average molecular weight is 330 g/mol. The number of hydrogen-bond donors (Lipinski definition) is 1. The lowest BCUT2D eigenvalue weighted by atomic mass is 10.2. The zero-order chi connectivity index (χ0) is 17.4. The van der Waals surface area contributed by atoms with Crippen LogP contribution in [0.25, 0.3) is 0 Å². The van der Waals surface area contributed by atoms with Crippen molar-refractivity contribution in [2.24, 2.45) is 5.10 Å². The molecule has 24 heavy (non-hydrogen) atoms. The molecule has 0 aliphatic carbocycles. The van der Waals surface area contributed by atoms with Crippen LogP contribution in [0.15, 0.2) is 40.0 Å². The van der Waals surface area contributed by atoms with Crippen LogP contribution in [-0.4, -0.2) is 25.8 Å². The second-order valence-corrected chi connectivity index (χ2v) is 5.20. The van der Waals surface area contributed by atoms with Crippen LogP contribution in [0.3, 0.4) is 0 Å². The average Bonchev–Trinajstić information content (AvgIpc) is 3.02. The van der Waals surface area contributed by atoms with E-state index >= 15 is 0 Å². The van der Waals surface area contributed by atoms with Crippen LogP contribution in [0.1, 0.15) is 41.4 Å². The fourth-order valence-electron chi connectivity index (χ4n) is 2.06. The highest BCUT2D eigenvalue weighted by molar-refractivity contribution is 5.95. The maximum absolute atomic E-state index is 11.9. The first kappa shape index (κ1) is 17.6. The Morgan fingerprint density at radius 1 is 1.33 bits per heavy atom. The lowest BCUT2D eigenvalue weighted by Gasteiger charge is -2.10. The molecule has 1 N–H and O–H groups in total. The van der Waals surface area contributed by atoms with Crippen molar-refractivity contribution in [1.82, 2.24) is 5.43 Å². The summed E-state index contributed by atoms with van der Waals surface area (Å²) in [4.78, 5) is 11.9. The van der Waals surface area contributed by atoms with Gasteiger partial charge >= 0.3 is 0 Å². The van der Waals surface area contributed by atoms with Gasteiger partial charge in [-0.1, -0.05) is 13.3 Å². The molecule has 1 heterocycles. The molecule has 6 nitrogen and oxygen atoms in total. The molecular formula is C18H22N2O4. The minimum Gasteiger partial charge on any atom is -0.493 e. The van der Waals surface area contributed by atoms with Gasteiger partial charge in [-0.25, -0.2) is 5.43 Å². The summed E-state index contributed by atoms with van der Waals surface area (Å²) in [5.41, 5.74) is 3.72. The normalized spacial score (nSPS) is 10.8. The quantitative estimate of drug-likeness (QED) is 0.456. The third-order valence-electron chi connectivity index (χ3n) is 3.43. The van der Waals surface area contributed by atoms with Gasteiger partial charge in [0.2, 0.25) is 0 Å². The van der Waals surface area contributed by atoms with Crippen molar-refractivity contribution in [3.63, 3.8) is 0 Å². The number of hydrogen-bond acceptors (Lipinski definition) is 5. The predicted octanol–water partition coefficient (Wildman–Crippen LogP) is 3.54. The number of benzene rings is 1. The minimum absolute atomic E-state index is 0.316. The maximum atomic E-state index is 11.9. The highest BCUT2D eigenvalue weighted by Gasteiger charge is 2.10. The SMILES string of the molecule is CCCCOc1ccc(/C=N\NC(=O)c2ccoc2C)cc1OC. The third-order valence-corrected chi connectivity index (χ3v) is 3.43. The first-order chi connectivity index (χ1) is 11.7. The number of ether oxygens (including phenoxy) is 2. The molecule has 0 atom stereocenters. The fraction of sp³-hybridized carbons (Fsp3) is 0.333. The van der Waals surface area contributed by atoms with Crippen molar-refractivity contribution >= 4 is 12.1 Å². The first-order valence-electron chi connectivity index (χ1n) is 7.84. The summed E-state index contributed by atoms with van der Waals surface area (Å²) in [6, 6.07) is 7.09. The zero-order valence-electron chi connectivity index (χ0n) is 14.2. The van der Waals surface area contributed by atoms with Crippen molar-refractivity contribution in [3.8, 4) is 11.5 Å². The molecule has 0 radical (unpaired) electrons. The lowest BCUT2D eigenvalue weighted by Crippen LogP contribution is -2.17. The van der Waals surface area contributed by atoms with E-state index in [1.54, 1.807) is 32.4 Å². The summed E-state index contributed by atoms with van der Waals surface area (Å²) >= 11 is 0. The number of aryl methyl sites for hydroxylation is 1. The molecule has 2 aromatic rings. The van der Waals surface area contributed by atoms with E-state index < -0.39 is 0 Å². The number of hydrazone groups is 1. The largest absolute Gasteiger partial charge is 0.493 e. The molecule has 2 rings (SSSR count). The monoisotopic (exact) mass is 330 g/mol. The summed E-state index contributed by atoms with van der Waals surface area (Å²) in [7, 11) is 1.59. The summed E-state index contributed by atoms with van der Waals surface area (Å²) in [6.45, 7) is 4.49. The first-order valence-corrected chi connectivity index (χ1v) is 7.84. The standard InChI is InChI=1S/C18H22N2O4/c1-4-5-9-24-16-7-6-14(11-17(16)22-3)12-19-20-18(21)15-8-10-23-13(15)2/h6-8,10-12H,4-5,9H2,1-3H3,(H,20,21)/b19-12-. The number of furan rings is 1. The summed E-state index contributed by atoms with van der Waals surface area (Å²) in [5, 5.41) is 3.96. The van der Waals surface area contributed by atoms with Crippen LogP contribution in [0.2, 0.25) is 0 Å². The van der Waals surface area contributed by atoms with Gasteiger partial charge in [-0.2, -0.15) is 5.10 Å². The Kier molecular flexibility index (Phi) is 6.42. The van der Waals surface area contributed by atoms with Crippen molar-refractivity contribution < 1.29 is 18.7 Å². The van der Waals surface area contributed by atoms with Crippen LogP contribution in [0.5, 0.6) is 11.5 Å². The van der Waals surface area contributed by atoms with E-state index in [0.717, 1.165) is 18.4 Å². The van der Waals surface area contributed by atoms with Gasteiger partial charge in [0.05, 0.1) is 31.8 Å². The van der Waals surface area contributed by atoms with Gasteiger partial charge in [-0.05, 0) is 43.2 Å². The van der Waals surface area contributed by atoms with Gasteiger partial charge in [-0.15, -0.1) is 0 Å². The smallest absolute Gasteiger partial charge is 0.274 e. The van der Waals surface area contributed by atoms with Gasteiger partial charge in [0.15, 0.2) is 11.5 Å². The number of carbonyl (C=O) groups is 1. The Balaban J connectivity index is 1.99. The van der Waals surface area contributed by atoms with Gasteiger partial charge in [0, 0.05) is 0 Å².